The van der Waals surface area contributed by atoms with Gasteiger partial charge in [0.15, 0.2) is 0 Å². The summed E-state index contributed by atoms with van der Waals surface area (Å²) >= 11 is 0. The van der Waals surface area contributed by atoms with E-state index >= 15 is 0 Å². The molecule has 5 heteroatoms. The second-order valence-electron chi connectivity index (χ2n) is 7.27. The first-order valence-corrected chi connectivity index (χ1v) is 9.75. The molecule has 1 heterocycles. The Kier molecular flexibility index (Phi) is 7.03. The lowest BCUT2D eigenvalue weighted by atomic mass is 9.97. The SMILES string of the molecule is COC(/C(C=NCC1CCCCO1)=N/N)c1cc(C#CC2CC2)ccc1C. The van der Waals surface area contributed by atoms with Gasteiger partial charge in [0.05, 0.1) is 12.6 Å². The minimum absolute atomic E-state index is 0.192. The molecule has 1 saturated heterocycles. The Balaban J connectivity index is 1.73. The highest BCUT2D eigenvalue weighted by molar-refractivity contribution is 6.32. The lowest BCUT2D eigenvalue weighted by Crippen LogP contribution is -2.23. The Morgan fingerprint density at radius 3 is 2.89 bits per heavy atom. The molecule has 1 saturated carbocycles. The van der Waals surface area contributed by atoms with Gasteiger partial charge >= 0.3 is 0 Å². The van der Waals surface area contributed by atoms with E-state index in [4.69, 9.17) is 15.3 Å². The van der Waals surface area contributed by atoms with Crippen molar-refractivity contribution in [2.24, 2.45) is 21.9 Å². The summed E-state index contributed by atoms with van der Waals surface area (Å²) < 4.78 is 11.4. The van der Waals surface area contributed by atoms with Crippen molar-refractivity contribution in [1.29, 1.82) is 0 Å². The average molecular weight is 367 g/mol. The van der Waals surface area contributed by atoms with Crippen molar-refractivity contribution in [3.63, 3.8) is 0 Å². The van der Waals surface area contributed by atoms with Crippen LogP contribution >= 0.6 is 0 Å². The second-order valence-corrected chi connectivity index (χ2v) is 7.27. The standard InChI is InChI=1S/C22H29N3O2/c1-16-6-7-18(11-10-17-8-9-17)13-20(16)22(26-2)21(25-23)15-24-14-19-5-3-4-12-27-19/h6-7,13,15,17,19,22H,3-5,8-9,12,14,23H2,1-2H3/b24-15?,25-21+. The molecular weight excluding hydrogens is 338 g/mol. The van der Waals surface area contributed by atoms with Gasteiger partial charge in [-0.2, -0.15) is 5.10 Å². The molecule has 0 spiro atoms. The zero-order chi connectivity index (χ0) is 19.1. The molecule has 1 aliphatic carbocycles. The molecule has 5 nitrogen and oxygen atoms in total. The molecule has 2 aliphatic rings. The van der Waals surface area contributed by atoms with Crippen LogP contribution in [0.3, 0.4) is 0 Å². The van der Waals surface area contributed by atoms with E-state index < -0.39 is 0 Å². The number of hydrazone groups is 1. The monoisotopic (exact) mass is 367 g/mol. The van der Waals surface area contributed by atoms with E-state index in [-0.39, 0.29) is 12.2 Å². The van der Waals surface area contributed by atoms with Gasteiger partial charge in [-0.15, -0.1) is 0 Å². The largest absolute Gasteiger partial charge is 0.376 e. The van der Waals surface area contributed by atoms with E-state index in [1.807, 2.05) is 0 Å². The van der Waals surface area contributed by atoms with Crippen LogP contribution in [-0.2, 0) is 9.47 Å². The first-order chi connectivity index (χ1) is 13.2. The van der Waals surface area contributed by atoms with Gasteiger partial charge in [0.1, 0.15) is 11.8 Å². The Bertz CT molecular complexity index is 751. The fourth-order valence-electron chi connectivity index (χ4n) is 3.20. The van der Waals surface area contributed by atoms with E-state index in [1.54, 1.807) is 13.3 Å². The van der Waals surface area contributed by atoms with Gasteiger partial charge in [0.2, 0.25) is 0 Å². The fourth-order valence-corrected chi connectivity index (χ4v) is 3.20. The van der Waals surface area contributed by atoms with Crippen molar-refractivity contribution >= 4 is 11.9 Å². The number of nitrogens with zero attached hydrogens (tertiary/aromatic N) is 2. The quantitative estimate of drug-likeness (QED) is 0.363. The molecule has 27 heavy (non-hydrogen) atoms. The van der Waals surface area contributed by atoms with Gasteiger partial charge in [-0.05, 0) is 62.3 Å². The van der Waals surface area contributed by atoms with Crippen LogP contribution in [0.2, 0.25) is 0 Å². The Morgan fingerprint density at radius 2 is 2.22 bits per heavy atom. The van der Waals surface area contributed by atoms with E-state index in [0.717, 1.165) is 36.1 Å². The summed E-state index contributed by atoms with van der Waals surface area (Å²) in [5.41, 5.74) is 3.73. The molecule has 1 aromatic carbocycles. The van der Waals surface area contributed by atoms with Gasteiger partial charge < -0.3 is 15.3 Å². The molecule has 2 atom stereocenters. The number of ether oxygens (including phenoxy) is 2. The van der Waals surface area contributed by atoms with Crippen LogP contribution in [0.4, 0.5) is 0 Å². The van der Waals surface area contributed by atoms with Crippen molar-refractivity contribution in [2.75, 3.05) is 20.3 Å². The third-order valence-corrected chi connectivity index (χ3v) is 5.02. The Labute approximate surface area is 162 Å². The van der Waals surface area contributed by atoms with E-state index in [9.17, 15) is 0 Å². The third kappa shape index (κ3) is 5.66. The van der Waals surface area contributed by atoms with E-state index in [1.165, 1.54) is 19.3 Å². The number of nitrogens with two attached hydrogens (primary N) is 1. The number of aliphatic imine (C=N–C) groups is 1. The first-order valence-electron chi connectivity index (χ1n) is 9.75. The molecule has 144 valence electrons. The number of aryl methyl sites for hydroxylation is 1. The summed E-state index contributed by atoms with van der Waals surface area (Å²) in [5.74, 6) is 12.8. The van der Waals surface area contributed by atoms with Crippen molar-refractivity contribution in [3.05, 3.63) is 34.9 Å². The number of benzene rings is 1. The summed E-state index contributed by atoms with van der Waals surface area (Å²) in [4.78, 5) is 4.51. The van der Waals surface area contributed by atoms with Crippen LogP contribution in [0.25, 0.3) is 0 Å². The maximum atomic E-state index is 5.72. The van der Waals surface area contributed by atoms with Gasteiger partial charge in [-0.3, -0.25) is 4.99 Å². The van der Waals surface area contributed by atoms with Crippen LogP contribution in [0.5, 0.6) is 0 Å². The number of methoxy groups -OCH3 is 1. The van der Waals surface area contributed by atoms with Gasteiger partial charge in [0, 0.05) is 31.4 Å². The summed E-state index contributed by atoms with van der Waals surface area (Å²) in [7, 11) is 1.66. The van der Waals surface area contributed by atoms with Crippen molar-refractivity contribution in [2.45, 2.75) is 51.2 Å². The van der Waals surface area contributed by atoms with Crippen LogP contribution in [0, 0.1) is 24.7 Å². The Hall–Kier alpha value is -2.16. The van der Waals surface area contributed by atoms with Gasteiger partial charge in [-0.1, -0.05) is 17.9 Å². The molecule has 0 radical (unpaired) electrons. The minimum Gasteiger partial charge on any atom is -0.376 e. The van der Waals surface area contributed by atoms with Crippen LogP contribution in [-0.4, -0.2) is 38.3 Å². The van der Waals surface area contributed by atoms with Crippen molar-refractivity contribution in [1.82, 2.24) is 0 Å². The third-order valence-electron chi connectivity index (χ3n) is 5.02. The fraction of sp³-hybridized carbons (Fsp3) is 0.545. The summed E-state index contributed by atoms with van der Waals surface area (Å²) in [6.45, 7) is 3.51. The molecule has 2 N–H and O–H groups in total. The first kappa shape index (κ1) is 19.6. The predicted octanol–water partition coefficient (Wildman–Crippen LogP) is 3.40. The topological polar surface area (TPSA) is 69.2 Å². The highest BCUT2D eigenvalue weighted by Gasteiger charge is 2.20. The lowest BCUT2D eigenvalue weighted by molar-refractivity contribution is 0.0226. The van der Waals surface area contributed by atoms with Crippen LogP contribution < -0.4 is 5.84 Å². The smallest absolute Gasteiger partial charge is 0.128 e. The summed E-state index contributed by atoms with van der Waals surface area (Å²) in [5, 5.41) is 3.94. The molecule has 0 bridgehead atoms. The van der Waals surface area contributed by atoms with Crippen LogP contribution in [0.1, 0.15) is 54.9 Å². The molecular formula is C22H29N3O2. The predicted molar refractivity (Wildman–Crippen MR) is 109 cm³/mol. The van der Waals surface area contributed by atoms with Crippen molar-refractivity contribution in [3.8, 4) is 11.8 Å². The molecule has 1 aliphatic heterocycles. The molecule has 2 fully saturated rings. The molecule has 1 aromatic rings. The average Bonchev–Trinajstić information content (AvgIpc) is 3.52. The van der Waals surface area contributed by atoms with Crippen LogP contribution in [0.15, 0.2) is 28.3 Å². The Morgan fingerprint density at radius 1 is 1.37 bits per heavy atom. The highest BCUT2D eigenvalue weighted by atomic mass is 16.5. The van der Waals surface area contributed by atoms with Gasteiger partial charge in [-0.25, -0.2) is 0 Å². The zero-order valence-corrected chi connectivity index (χ0v) is 16.3. The molecule has 0 amide bonds. The van der Waals surface area contributed by atoms with E-state index in [2.05, 4.69) is 47.1 Å². The summed E-state index contributed by atoms with van der Waals surface area (Å²) in [6, 6.07) is 6.19. The second kappa shape index (κ2) is 9.68. The molecule has 2 unspecified atom stereocenters. The number of rotatable bonds is 6. The number of hydrogen-bond donors (Lipinski definition) is 1. The minimum atomic E-state index is -0.367. The van der Waals surface area contributed by atoms with E-state index in [0.29, 0.717) is 18.2 Å². The lowest BCUT2D eigenvalue weighted by Gasteiger charge is -2.21. The normalized spacial score (nSPS) is 21.7. The molecule has 3 rings (SSSR count). The number of hydrogen-bond acceptors (Lipinski definition) is 5. The maximum absolute atomic E-state index is 5.72. The molecule has 0 aromatic heterocycles. The van der Waals surface area contributed by atoms with Crippen molar-refractivity contribution < 1.29 is 9.47 Å². The summed E-state index contributed by atoms with van der Waals surface area (Å²) in [6.07, 6.45) is 7.38. The zero-order valence-electron chi connectivity index (χ0n) is 16.3. The maximum Gasteiger partial charge on any atom is 0.128 e. The van der Waals surface area contributed by atoms with Gasteiger partial charge in [0.25, 0.3) is 0 Å². The highest BCUT2D eigenvalue weighted by Crippen LogP contribution is 2.28.